The van der Waals surface area contributed by atoms with Crippen LogP contribution in [0.25, 0.3) is 0 Å². The molecule has 0 radical (unpaired) electrons. The van der Waals surface area contributed by atoms with Crippen molar-refractivity contribution in [2.45, 2.75) is 33.3 Å². The van der Waals surface area contributed by atoms with E-state index in [2.05, 4.69) is 4.98 Å². The maximum Gasteiger partial charge on any atom is 0.143 e. The van der Waals surface area contributed by atoms with Gasteiger partial charge < -0.3 is 9.84 Å². The second kappa shape index (κ2) is 3.81. The number of nitrogens with zero attached hydrogens (tertiary/aromatic N) is 1. The van der Waals surface area contributed by atoms with Gasteiger partial charge in [-0.1, -0.05) is 20.8 Å². The van der Waals surface area contributed by atoms with Gasteiger partial charge in [0.25, 0.3) is 0 Å². The summed E-state index contributed by atoms with van der Waals surface area (Å²) in [7, 11) is 1.58. The molecule has 0 saturated heterocycles. The van der Waals surface area contributed by atoms with Crippen molar-refractivity contribution in [2.75, 3.05) is 7.11 Å². The molecule has 0 saturated carbocycles. The van der Waals surface area contributed by atoms with Crippen LogP contribution in [-0.2, 0) is 5.60 Å². The minimum absolute atomic E-state index is 0.297. The van der Waals surface area contributed by atoms with E-state index < -0.39 is 5.60 Å². The highest BCUT2D eigenvalue weighted by Crippen LogP contribution is 2.41. The molecule has 0 aliphatic rings. The van der Waals surface area contributed by atoms with E-state index in [-0.39, 0.29) is 5.41 Å². The highest BCUT2D eigenvalue weighted by Gasteiger charge is 2.40. The van der Waals surface area contributed by atoms with Gasteiger partial charge in [0.15, 0.2) is 0 Å². The zero-order valence-electron chi connectivity index (χ0n) is 10.0. The van der Waals surface area contributed by atoms with Gasteiger partial charge in [-0.15, -0.1) is 0 Å². The summed E-state index contributed by atoms with van der Waals surface area (Å²) in [5, 5.41) is 10.5. The molecule has 1 aromatic heterocycles. The highest BCUT2D eigenvalue weighted by molar-refractivity contribution is 5.32. The van der Waals surface area contributed by atoms with Crippen LogP contribution in [0.3, 0.4) is 0 Å². The van der Waals surface area contributed by atoms with E-state index in [4.69, 9.17) is 4.74 Å². The molecule has 0 bridgehead atoms. The fourth-order valence-corrected chi connectivity index (χ4v) is 1.28. The Balaban J connectivity index is 3.26. The van der Waals surface area contributed by atoms with Gasteiger partial charge in [-0.3, -0.25) is 4.98 Å². The van der Waals surface area contributed by atoms with Crippen LogP contribution in [0.4, 0.5) is 0 Å². The maximum absolute atomic E-state index is 10.5. The standard InChI is InChI=1S/C12H19NO2/c1-11(2,3)12(4,14)10-9(15-5)7-6-8-13-10/h6-8,14H,1-5H3. The molecule has 0 aromatic carbocycles. The predicted octanol–water partition coefficient (Wildman–Crippen LogP) is 2.34. The largest absolute Gasteiger partial charge is 0.495 e. The molecule has 15 heavy (non-hydrogen) atoms. The Hall–Kier alpha value is -1.09. The zero-order chi connectivity index (χ0) is 11.7. The molecular formula is C12H19NO2. The first-order valence-electron chi connectivity index (χ1n) is 5.02. The minimum atomic E-state index is -1.01. The van der Waals surface area contributed by atoms with E-state index in [0.29, 0.717) is 11.4 Å². The summed E-state index contributed by atoms with van der Waals surface area (Å²) in [5.74, 6) is 0.623. The lowest BCUT2D eigenvalue weighted by Crippen LogP contribution is -2.38. The summed E-state index contributed by atoms with van der Waals surface area (Å²) in [5.41, 5.74) is -0.728. The smallest absolute Gasteiger partial charge is 0.143 e. The Bertz CT molecular complexity index is 340. The molecule has 0 aliphatic carbocycles. The van der Waals surface area contributed by atoms with Gasteiger partial charge in [0.1, 0.15) is 17.0 Å². The Morgan fingerprint density at radius 2 is 1.87 bits per heavy atom. The molecule has 3 heteroatoms. The number of methoxy groups -OCH3 is 1. The quantitative estimate of drug-likeness (QED) is 0.813. The van der Waals surface area contributed by atoms with E-state index >= 15 is 0 Å². The summed E-state index contributed by atoms with van der Waals surface area (Å²) in [6.07, 6.45) is 1.66. The fourth-order valence-electron chi connectivity index (χ4n) is 1.28. The molecular weight excluding hydrogens is 190 g/mol. The van der Waals surface area contributed by atoms with Crippen molar-refractivity contribution < 1.29 is 9.84 Å². The van der Waals surface area contributed by atoms with Gasteiger partial charge in [0, 0.05) is 6.20 Å². The Morgan fingerprint density at radius 1 is 1.27 bits per heavy atom. The summed E-state index contributed by atoms with van der Waals surface area (Å²) in [6.45, 7) is 7.68. The molecule has 1 aromatic rings. The molecule has 1 atom stereocenters. The molecule has 0 spiro atoms. The van der Waals surface area contributed by atoms with E-state index in [0.717, 1.165) is 0 Å². The topological polar surface area (TPSA) is 42.4 Å². The molecule has 0 fully saturated rings. The molecule has 84 valence electrons. The molecule has 0 amide bonds. The number of rotatable bonds is 2. The third-order valence-corrected chi connectivity index (χ3v) is 2.91. The van der Waals surface area contributed by atoms with Crippen LogP contribution in [-0.4, -0.2) is 17.2 Å². The summed E-state index contributed by atoms with van der Waals surface area (Å²) in [6, 6.07) is 3.60. The van der Waals surface area contributed by atoms with Gasteiger partial charge in [0.05, 0.1) is 7.11 Å². The zero-order valence-corrected chi connectivity index (χ0v) is 10.0. The van der Waals surface area contributed by atoms with Crippen molar-refractivity contribution >= 4 is 0 Å². The monoisotopic (exact) mass is 209 g/mol. The van der Waals surface area contributed by atoms with Gasteiger partial charge in [-0.2, -0.15) is 0 Å². The average Bonchev–Trinajstić information content (AvgIpc) is 2.16. The SMILES string of the molecule is COc1cccnc1C(C)(O)C(C)(C)C. The lowest BCUT2D eigenvalue weighted by molar-refractivity contribution is -0.0523. The first-order chi connectivity index (χ1) is 6.80. The van der Waals surface area contributed by atoms with Crippen molar-refractivity contribution in [2.24, 2.45) is 5.41 Å². The van der Waals surface area contributed by atoms with E-state index in [1.54, 1.807) is 26.3 Å². The highest BCUT2D eigenvalue weighted by atomic mass is 16.5. The molecule has 0 aliphatic heterocycles. The Kier molecular flexibility index (Phi) is 3.05. The van der Waals surface area contributed by atoms with Crippen LogP contribution < -0.4 is 4.74 Å². The van der Waals surface area contributed by atoms with Crippen LogP contribution in [0.5, 0.6) is 5.75 Å². The van der Waals surface area contributed by atoms with Crippen molar-refractivity contribution in [3.05, 3.63) is 24.0 Å². The summed E-state index contributed by atoms with van der Waals surface area (Å²) < 4.78 is 5.20. The fraction of sp³-hybridized carbons (Fsp3) is 0.583. The number of pyridine rings is 1. The summed E-state index contributed by atoms with van der Waals surface area (Å²) in [4.78, 5) is 4.21. The second-order valence-electron chi connectivity index (χ2n) is 4.88. The molecule has 3 nitrogen and oxygen atoms in total. The third-order valence-electron chi connectivity index (χ3n) is 2.91. The van der Waals surface area contributed by atoms with Gasteiger partial charge in [0.2, 0.25) is 0 Å². The predicted molar refractivity (Wildman–Crippen MR) is 59.8 cm³/mol. The van der Waals surface area contributed by atoms with Crippen LogP contribution in [0.15, 0.2) is 18.3 Å². The lowest BCUT2D eigenvalue weighted by atomic mass is 9.75. The first-order valence-corrected chi connectivity index (χ1v) is 5.02. The maximum atomic E-state index is 10.5. The van der Waals surface area contributed by atoms with E-state index in [1.807, 2.05) is 26.8 Å². The Morgan fingerprint density at radius 3 is 2.33 bits per heavy atom. The molecule has 1 rings (SSSR count). The van der Waals surface area contributed by atoms with Crippen molar-refractivity contribution in [1.82, 2.24) is 4.98 Å². The van der Waals surface area contributed by atoms with Crippen molar-refractivity contribution in [1.29, 1.82) is 0 Å². The van der Waals surface area contributed by atoms with Crippen LogP contribution in [0, 0.1) is 5.41 Å². The number of hydrogen-bond donors (Lipinski definition) is 1. The minimum Gasteiger partial charge on any atom is -0.495 e. The number of ether oxygens (including phenoxy) is 1. The van der Waals surface area contributed by atoms with E-state index in [9.17, 15) is 5.11 Å². The van der Waals surface area contributed by atoms with Crippen molar-refractivity contribution in [3.63, 3.8) is 0 Å². The number of aromatic nitrogens is 1. The summed E-state index contributed by atoms with van der Waals surface area (Å²) >= 11 is 0. The number of aliphatic hydroxyl groups is 1. The van der Waals surface area contributed by atoms with E-state index in [1.165, 1.54) is 0 Å². The van der Waals surface area contributed by atoms with Gasteiger partial charge in [-0.25, -0.2) is 0 Å². The average molecular weight is 209 g/mol. The second-order valence-corrected chi connectivity index (χ2v) is 4.88. The molecule has 1 unspecified atom stereocenters. The lowest BCUT2D eigenvalue weighted by Gasteiger charge is -2.37. The Labute approximate surface area is 91.1 Å². The van der Waals surface area contributed by atoms with Crippen LogP contribution >= 0.6 is 0 Å². The van der Waals surface area contributed by atoms with Crippen LogP contribution in [0.1, 0.15) is 33.4 Å². The third kappa shape index (κ3) is 2.12. The normalized spacial score (nSPS) is 15.9. The van der Waals surface area contributed by atoms with Crippen molar-refractivity contribution in [3.8, 4) is 5.75 Å². The van der Waals surface area contributed by atoms with Crippen LogP contribution in [0.2, 0.25) is 0 Å². The molecule has 1 heterocycles. The molecule has 1 N–H and O–H groups in total. The van der Waals surface area contributed by atoms with Gasteiger partial charge in [-0.05, 0) is 24.5 Å². The number of hydrogen-bond acceptors (Lipinski definition) is 3. The van der Waals surface area contributed by atoms with Gasteiger partial charge >= 0.3 is 0 Å². The first kappa shape index (κ1) is 12.0.